The fraction of sp³-hybridized carbons (Fsp3) is 1.00. The lowest BCUT2D eigenvalue weighted by atomic mass is 10.2. The number of nitrogens with two attached hydrogens (primary N) is 1. The highest BCUT2D eigenvalue weighted by Gasteiger charge is 2.18. The molecule has 1 rings (SSSR count). The van der Waals surface area contributed by atoms with E-state index in [-0.39, 0.29) is 0 Å². The fourth-order valence-corrected chi connectivity index (χ4v) is 0.804. The van der Waals surface area contributed by atoms with Crippen molar-refractivity contribution in [1.29, 1.82) is 0 Å². The van der Waals surface area contributed by atoms with Gasteiger partial charge in [0.15, 0.2) is 0 Å². The number of nitrogens with zero attached hydrogens (tertiary/aromatic N) is 1. The number of rotatable bonds is 0. The summed E-state index contributed by atoms with van der Waals surface area (Å²) >= 11 is 0. The zero-order valence-electron chi connectivity index (χ0n) is 4.59. The molecule has 7 heavy (non-hydrogen) atoms. The lowest BCUT2D eigenvalue weighted by Crippen LogP contribution is -2.29. The zero-order valence-corrected chi connectivity index (χ0v) is 4.59. The maximum absolute atomic E-state index is 5.58. The first kappa shape index (κ1) is 5.06. The van der Waals surface area contributed by atoms with E-state index in [0.29, 0.717) is 12.1 Å². The highest BCUT2D eigenvalue weighted by molar-refractivity contribution is 4.81. The number of hydrogen-bond acceptors (Lipinski definition) is 1. The molecule has 1 heterocycles. The molecule has 1 saturated heterocycles. The average molecular weight is 99.2 g/mol. The largest absolute Gasteiger partial charge is 0.326 e. The summed E-state index contributed by atoms with van der Waals surface area (Å²) in [5.74, 6) is 0. The lowest BCUT2D eigenvalue weighted by Gasteiger charge is -2.04. The Balaban J connectivity index is 2.33. The predicted octanol–water partition coefficient (Wildman–Crippen LogP) is -0.290. The monoisotopic (exact) mass is 99.1 g/mol. The summed E-state index contributed by atoms with van der Waals surface area (Å²) < 4.78 is 0. The quantitative estimate of drug-likeness (QED) is 0.445. The molecule has 0 amide bonds. The van der Waals surface area contributed by atoms with Gasteiger partial charge in [-0.25, -0.2) is 5.32 Å². The van der Waals surface area contributed by atoms with Gasteiger partial charge in [-0.3, -0.25) is 0 Å². The smallest absolute Gasteiger partial charge is 0.0369 e. The first-order valence-corrected chi connectivity index (χ1v) is 2.73. The molecule has 2 N–H and O–H groups in total. The first-order chi connectivity index (χ1) is 3.30. The van der Waals surface area contributed by atoms with Crippen molar-refractivity contribution in [3.63, 3.8) is 0 Å². The molecule has 0 aromatic carbocycles. The van der Waals surface area contributed by atoms with Gasteiger partial charge in [-0.15, -0.1) is 0 Å². The molecule has 2 heteroatoms. The molecular formula is C5H11N2. The van der Waals surface area contributed by atoms with Crippen LogP contribution < -0.4 is 11.1 Å². The molecule has 2 nitrogen and oxygen atoms in total. The van der Waals surface area contributed by atoms with Crippen molar-refractivity contribution in [2.45, 2.75) is 25.4 Å². The van der Waals surface area contributed by atoms with Crippen LogP contribution in [0.25, 0.3) is 0 Å². The third-order valence-corrected chi connectivity index (χ3v) is 1.50. The van der Waals surface area contributed by atoms with Gasteiger partial charge in [0.2, 0.25) is 0 Å². The van der Waals surface area contributed by atoms with Crippen LogP contribution in [0.15, 0.2) is 0 Å². The van der Waals surface area contributed by atoms with Gasteiger partial charge in [-0.2, -0.15) is 0 Å². The summed E-state index contributed by atoms with van der Waals surface area (Å²) in [5, 5.41) is 4.19. The summed E-state index contributed by atoms with van der Waals surface area (Å²) in [6, 6.07) is 0.764. The van der Waals surface area contributed by atoms with E-state index >= 15 is 0 Å². The van der Waals surface area contributed by atoms with Gasteiger partial charge in [0.1, 0.15) is 0 Å². The van der Waals surface area contributed by atoms with Crippen LogP contribution in [0.3, 0.4) is 0 Å². The zero-order chi connectivity index (χ0) is 5.28. The van der Waals surface area contributed by atoms with E-state index < -0.39 is 0 Å². The van der Waals surface area contributed by atoms with Crippen LogP contribution in [0.4, 0.5) is 0 Å². The van der Waals surface area contributed by atoms with Crippen LogP contribution in [-0.4, -0.2) is 18.6 Å². The van der Waals surface area contributed by atoms with E-state index in [1.54, 1.807) is 0 Å². The predicted molar refractivity (Wildman–Crippen MR) is 29.1 cm³/mol. The highest BCUT2D eigenvalue weighted by Crippen LogP contribution is 2.03. The third kappa shape index (κ3) is 0.924. The van der Waals surface area contributed by atoms with Crippen molar-refractivity contribution in [1.82, 2.24) is 5.32 Å². The fourth-order valence-electron chi connectivity index (χ4n) is 0.804. The molecule has 1 aliphatic rings. The van der Waals surface area contributed by atoms with Gasteiger partial charge in [0.25, 0.3) is 0 Å². The number of hydrogen-bond donors (Lipinski definition) is 1. The molecule has 0 aromatic rings. The van der Waals surface area contributed by atoms with Crippen molar-refractivity contribution in [2.24, 2.45) is 5.73 Å². The minimum Gasteiger partial charge on any atom is -0.326 e. The molecule has 0 aromatic heterocycles. The topological polar surface area (TPSA) is 40.1 Å². The van der Waals surface area contributed by atoms with Gasteiger partial charge in [-0.05, 0) is 13.3 Å². The van der Waals surface area contributed by atoms with Gasteiger partial charge in [0, 0.05) is 18.6 Å². The SMILES string of the molecule is CC1[N]CCC1N. The summed E-state index contributed by atoms with van der Waals surface area (Å²) in [6.45, 7) is 3.04. The molecule has 0 aliphatic carbocycles. The Hall–Kier alpha value is -0.0800. The minimum absolute atomic E-state index is 0.347. The van der Waals surface area contributed by atoms with Crippen molar-refractivity contribution in [3.05, 3.63) is 0 Å². The molecule has 0 spiro atoms. The molecule has 0 saturated carbocycles. The summed E-state index contributed by atoms with van der Waals surface area (Å²) in [7, 11) is 0. The Morgan fingerprint density at radius 2 is 2.43 bits per heavy atom. The summed E-state index contributed by atoms with van der Waals surface area (Å²) in [6.07, 6.45) is 1.08. The Kier molecular flexibility index (Phi) is 1.30. The Morgan fingerprint density at radius 1 is 1.71 bits per heavy atom. The second-order valence-electron chi connectivity index (χ2n) is 2.10. The van der Waals surface area contributed by atoms with E-state index in [1.165, 1.54) is 0 Å². The normalized spacial score (nSPS) is 42.0. The Morgan fingerprint density at radius 3 is 2.57 bits per heavy atom. The highest BCUT2D eigenvalue weighted by atomic mass is 15.0. The third-order valence-electron chi connectivity index (χ3n) is 1.50. The van der Waals surface area contributed by atoms with E-state index in [1.807, 2.05) is 0 Å². The van der Waals surface area contributed by atoms with E-state index in [4.69, 9.17) is 5.73 Å². The maximum Gasteiger partial charge on any atom is 0.0369 e. The van der Waals surface area contributed by atoms with Crippen LogP contribution in [0.5, 0.6) is 0 Å². The molecule has 1 radical (unpaired) electrons. The van der Waals surface area contributed by atoms with Crippen molar-refractivity contribution >= 4 is 0 Å². The van der Waals surface area contributed by atoms with Crippen molar-refractivity contribution < 1.29 is 0 Å². The van der Waals surface area contributed by atoms with Gasteiger partial charge >= 0.3 is 0 Å². The summed E-state index contributed by atoms with van der Waals surface area (Å²) in [5.41, 5.74) is 5.58. The van der Waals surface area contributed by atoms with Gasteiger partial charge in [0.05, 0.1) is 0 Å². The molecule has 1 aliphatic heterocycles. The minimum atomic E-state index is 0.347. The van der Waals surface area contributed by atoms with Crippen LogP contribution in [0, 0.1) is 0 Å². The van der Waals surface area contributed by atoms with Crippen molar-refractivity contribution in [2.75, 3.05) is 6.54 Å². The van der Waals surface area contributed by atoms with Gasteiger partial charge < -0.3 is 5.73 Å². The van der Waals surface area contributed by atoms with Crippen LogP contribution >= 0.6 is 0 Å². The molecular weight excluding hydrogens is 88.1 g/mol. The second kappa shape index (κ2) is 1.80. The Bertz CT molecular complexity index is 55.1. The maximum atomic E-state index is 5.58. The van der Waals surface area contributed by atoms with Crippen LogP contribution in [-0.2, 0) is 0 Å². The van der Waals surface area contributed by atoms with E-state index in [9.17, 15) is 0 Å². The van der Waals surface area contributed by atoms with Crippen LogP contribution in [0.2, 0.25) is 0 Å². The van der Waals surface area contributed by atoms with E-state index in [0.717, 1.165) is 13.0 Å². The first-order valence-electron chi connectivity index (χ1n) is 2.73. The molecule has 2 unspecified atom stereocenters. The summed E-state index contributed by atoms with van der Waals surface area (Å²) in [4.78, 5) is 0. The molecule has 1 fully saturated rings. The second-order valence-corrected chi connectivity index (χ2v) is 2.10. The molecule has 2 atom stereocenters. The standard InChI is InChI=1S/C5H11N2/c1-4-5(6)2-3-7-4/h4-5H,2-3,6H2,1H3. The van der Waals surface area contributed by atoms with E-state index in [2.05, 4.69) is 12.2 Å². The van der Waals surface area contributed by atoms with Crippen molar-refractivity contribution in [3.8, 4) is 0 Å². The lowest BCUT2D eigenvalue weighted by molar-refractivity contribution is 0.580. The molecule has 41 valence electrons. The molecule has 0 bridgehead atoms. The van der Waals surface area contributed by atoms with Gasteiger partial charge in [-0.1, -0.05) is 0 Å². The van der Waals surface area contributed by atoms with Crippen LogP contribution in [0.1, 0.15) is 13.3 Å². The average Bonchev–Trinajstić information content (AvgIpc) is 1.91. The Labute approximate surface area is 44.1 Å².